The molecule has 27 heavy (non-hydrogen) atoms. The second-order valence-electron chi connectivity index (χ2n) is 6.64. The maximum Gasteiger partial charge on any atom is 0.175 e. The van der Waals surface area contributed by atoms with Gasteiger partial charge >= 0.3 is 0 Å². The Kier molecular flexibility index (Phi) is 8.74. The minimum atomic E-state index is -3.22. The van der Waals surface area contributed by atoms with Gasteiger partial charge in [0, 0.05) is 17.5 Å². The summed E-state index contributed by atoms with van der Waals surface area (Å²) < 4.78 is 23.5. The van der Waals surface area contributed by atoms with E-state index in [2.05, 4.69) is 22.0 Å². The molecule has 2 aromatic rings. The van der Waals surface area contributed by atoms with E-state index in [0.717, 1.165) is 47.7 Å². The highest BCUT2D eigenvalue weighted by Gasteiger charge is 2.18. The first-order chi connectivity index (χ1) is 13.0. The van der Waals surface area contributed by atoms with Gasteiger partial charge in [0.1, 0.15) is 0 Å². The average molecular weight is 451 g/mol. The van der Waals surface area contributed by atoms with E-state index < -0.39 is 9.84 Å². The van der Waals surface area contributed by atoms with Crippen LogP contribution >= 0.6 is 15.9 Å². The maximum atomic E-state index is 11.7. The van der Waals surface area contributed by atoms with Gasteiger partial charge in [0.25, 0.3) is 0 Å². The Labute approximate surface area is 171 Å². The second-order valence-corrected chi connectivity index (χ2v) is 9.45. The van der Waals surface area contributed by atoms with E-state index in [0.29, 0.717) is 4.90 Å². The summed E-state index contributed by atoms with van der Waals surface area (Å²) in [6.45, 7) is 0.00503. The summed E-state index contributed by atoms with van der Waals surface area (Å²) in [6, 6.07) is 16.9. The number of sulfone groups is 1. The SMILES string of the molecule is CS(=O)(=O)c1ccc(/C(=C/CCCCCBr)C(CO)c2ccccc2)cc1. The lowest BCUT2D eigenvalue weighted by molar-refractivity contribution is 0.286. The maximum absolute atomic E-state index is 11.7. The van der Waals surface area contributed by atoms with Crippen LogP contribution in [0.5, 0.6) is 0 Å². The number of aliphatic hydroxyl groups is 1. The van der Waals surface area contributed by atoms with E-state index in [4.69, 9.17) is 0 Å². The molecule has 1 atom stereocenters. The Hall–Kier alpha value is -1.43. The van der Waals surface area contributed by atoms with E-state index in [1.54, 1.807) is 12.1 Å². The van der Waals surface area contributed by atoms with Crippen molar-refractivity contribution in [1.29, 1.82) is 0 Å². The van der Waals surface area contributed by atoms with Gasteiger partial charge in [-0.25, -0.2) is 8.42 Å². The zero-order valence-corrected chi connectivity index (χ0v) is 18.0. The van der Waals surface area contributed by atoms with Gasteiger partial charge in [-0.05, 0) is 48.1 Å². The first kappa shape index (κ1) is 21.9. The molecule has 5 heteroatoms. The molecule has 0 aliphatic carbocycles. The predicted octanol–water partition coefficient (Wildman–Crippen LogP) is 5.20. The third kappa shape index (κ3) is 6.59. The first-order valence-electron chi connectivity index (χ1n) is 9.19. The molecule has 3 nitrogen and oxygen atoms in total. The number of halogens is 1. The van der Waals surface area contributed by atoms with Crippen molar-refractivity contribution in [3.8, 4) is 0 Å². The predicted molar refractivity (Wildman–Crippen MR) is 116 cm³/mol. The Morgan fingerprint density at radius 3 is 2.26 bits per heavy atom. The number of allylic oxidation sites excluding steroid dienone is 1. The van der Waals surface area contributed by atoms with E-state index >= 15 is 0 Å². The Morgan fingerprint density at radius 2 is 1.70 bits per heavy atom. The summed E-state index contributed by atoms with van der Waals surface area (Å²) in [5.41, 5.74) is 3.05. The van der Waals surface area contributed by atoms with E-state index in [1.807, 2.05) is 42.5 Å². The van der Waals surface area contributed by atoms with Gasteiger partial charge in [0.2, 0.25) is 0 Å². The molecule has 0 saturated heterocycles. The van der Waals surface area contributed by atoms with Crippen LogP contribution in [0.4, 0.5) is 0 Å². The standard InChI is InChI=1S/C22H27BrO3S/c1-27(25,26)20-14-12-19(13-15-20)21(11-7-2-3-8-16-23)22(17-24)18-9-5-4-6-10-18/h4-6,9-15,22,24H,2-3,7-8,16-17H2,1H3/b21-11-. The van der Waals surface area contributed by atoms with Crippen molar-refractivity contribution in [2.45, 2.75) is 36.5 Å². The quantitative estimate of drug-likeness (QED) is 0.399. The number of aliphatic hydroxyl groups excluding tert-OH is 1. The molecule has 0 aliphatic rings. The van der Waals surface area contributed by atoms with Crippen molar-refractivity contribution in [3.05, 3.63) is 71.8 Å². The monoisotopic (exact) mass is 450 g/mol. The molecule has 0 saturated carbocycles. The summed E-state index contributed by atoms with van der Waals surface area (Å²) in [6.07, 6.45) is 7.72. The van der Waals surface area contributed by atoms with Crippen molar-refractivity contribution in [3.63, 3.8) is 0 Å². The van der Waals surface area contributed by atoms with Crippen LogP contribution in [0.1, 0.15) is 42.7 Å². The van der Waals surface area contributed by atoms with Gasteiger partial charge in [-0.1, -0.05) is 70.9 Å². The largest absolute Gasteiger partial charge is 0.395 e. The first-order valence-corrected chi connectivity index (χ1v) is 12.2. The van der Waals surface area contributed by atoms with Crippen LogP contribution in [0.15, 0.2) is 65.6 Å². The molecule has 146 valence electrons. The lowest BCUT2D eigenvalue weighted by Gasteiger charge is -2.20. The van der Waals surface area contributed by atoms with Gasteiger partial charge in [-0.15, -0.1) is 0 Å². The molecule has 0 amide bonds. The highest BCUT2D eigenvalue weighted by atomic mass is 79.9. The lowest BCUT2D eigenvalue weighted by Crippen LogP contribution is -2.07. The molecule has 1 N–H and O–H groups in total. The van der Waals surface area contributed by atoms with Crippen LogP contribution in [-0.4, -0.2) is 31.7 Å². The third-order valence-electron chi connectivity index (χ3n) is 4.58. The molecule has 0 bridgehead atoms. The highest BCUT2D eigenvalue weighted by molar-refractivity contribution is 9.09. The van der Waals surface area contributed by atoms with Gasteiger partial charge in [-0.3, -0.25) is 0 Å². The van der Waals surface area contributed by atoms with Crippen molar-refractivity contribution in [2.75, 3.05) is 18.2 Å². The van der Waals surface area contributed by atoms with Crippen LogP contribution in [0, 0.1) is 0 Å². The lowest BCUT2D eigenvalue weighted by atomic mass is 9.86. The van der Waals surface area contributed by atoms with Gasteiger partial charge in [-0.2, -0.15) is 0 Å². The summed E-state index contributed by atoms with van der Waals surface area (Å²) in [5.74, 6) is -0.133. The number of unbranched alkanes of at least 4 members (excludes halogenated alkanes) is 3. The second kappa shape index (κ2) is 10.8. The smallest absolute Gasteiger partial charge is 0.175 e. The number of hydrogen-bond acceptors (Lipinski definition) is 3. The molecule has 0 fully saturated rings. The molecule has 0 spiro atoms. The van der Waals surface area contributed by atoms with Crippen molar-refractivity contribution >= 4 is 31.3 Å². The molecular weight excluding hydrogens is 424 g/mol. The van der Waals surface area contributed by atoms with E-state index in [-0.39, 0.29) is 12.5 Å². The normalized spacial score (nSPS) is 13.5. The molecule has 2 aromatic carbocycles. The Morgan fingerprint density at radius 1 is 1.04 bits per heavy atom. The Balaban J connectivity index is 2.35. The fourth-order valence-corrected chi connectivity index (χ4v) is 4.12. The van der Waals surface area contributed by atoms with E-state index in [1.165, 1.54) is 6.26 Å². The third-order valence-corrected chi connectivity index (χ3v) is 6.27. The molecule has 0 aliphatic heterocycles. The summed E-state index contributed by atoms with van der Waals surface area (Å²) in [5, 5.41) is 11.1. The number of alkyl halides is 1. The topological polar surface area (TPSA) is 54.4 Å². The number of rotatable bonds is 10. The van der Waals surface area contributed by atoms with Crippen LogP contribution in [0.25, 0.3) is 5.57 Å². The summed E-state index contributed by atoms with van der Waals surface area (Å²) in [4.78, 5) is 0.309. The summed E-state index contributed by atoms with van der Waals surface area (Å²) in [7, 11) is -3.22. The average Bonchev–Trinajstić information content (AvgIpc) is 2.67. The Bertz CT molecular complexity index is 828. The molecule has 0 aromatic heterocycles. The van der Waals surface area contributed by atoms with E-state index in [9.17, 15) is 13.5 Å². The van der Waals surface area contributed by atoms with Crippen molar-refractivity contribution in [1.82, 2.24) is 0 Å². The van der Waals surface area contributed by atoms with Gasteiger partial charge in [0.05, 0.1) is 11.5 Å². The van der Waals surface area contributed by atoms with Crippen molar-refractivity contribution in [2.24, 2.45) is 0 Å². The number of hydrogen-bond donors (Lipinski definition) is 1. The van der Waals surface area contributed by atoms with Gasteiger partial charge < -0.3 is 5.11 Å². The van der Waals surface area contributed by atoms with Crippen molar-refractivity contribution < 1.29 is 13.5 Å². The van der Waals surface area contributed by atoms with Crippen LogP contribution < -0.4 is 0 Å². The molecule has 0 radical (unpaired) electrons. The van der Waals surface area contributed by atoms with Gasteiger partial charge in [0.15, 0.2) is 9.84 Å². The summed E-state index contributed by atoms with van der Waals surface area (Å²) >= 11 is 3.46. The van der Waals surface area contributed by atoms with Crippen LogP contribution in [0.3, 0.4) is 0 Å². The van der Waals surface area contributed by atoms with Crippen LogP contribution in [0.2, 0.25) is 0 Å². The minimum absolute atomic E-state index is 0.00503. The molecule has 2 rings (SSSR count). The minimum Gasteiger partial charge on any atom is -0.395 e. The number of benzene rings is 2. The fourth-order valence-electron chi connectivity index (χ4n) is 3.10. The zero-order valence-electron chi connectivity index (χ0n) is 15.6. The zero-order chi connectivity index (χ0) is 19.7. The molecular formula is C22H27BrO3S. The highest BCUT2D eigenvalue weighted by Crippen LogP contribution is 2.33. The fraction of sp³-hybridized carbons (Fsp3) is 0.364. The van der Waals surface area contributed by atoms with Crippen LogP contribution in [-0.2, 0) is 9.84 Å². The molecule has 1 unspecified atom stereocenters. The molecule has 0 heterocycles.